The maximum absolute atomic E-state index is 10.6. The second-order valence-electron chi connectivity index (χ2n) is 6.20. The van der Waals surface area contributed by atoms with Gasteiger partial charge in [-0.25, -0.2) is 8.42 Å². The Balaban J connectivity index is 0.000000763. The van der Waals surface area contributed by atoms with Crippen LogP contribution < -0.4 is 4.90 Å². The molecule has 7 heteroatoms. The van der Waals surface area contributed by atoms with Crippen molar-refractivity contribution in [2.75, 3.05) is 52.4 Å². The van der Waals surface area contributed by atoms with E-state index in [4.69, 9.17) is 13.0 Å². The fourth-order valence-corrected chi connectivity index (χ4v) is 1.72. The zero-order valence-electron chi connectivity index (χ0n) is 13.9. The molecule has 0 aliphatic heterocycles. The zero-order chi connectivity index (χ0) is 17.4. The molecule has 0 amide bonds. The summed E-state index contributed by atoms with van der Waals surface area (Å²) in [7, 11) is 4.79. The van der Waals surface area contributed by atoms with E-state index in [1.807, 2.05) is 24.3 Å². The normalized spacial score (nSPS) is 11.4. The lowest BCUT2D eigenvalue weighted by Crippen LogP contribution is -2.37. The van der Waals surface area contributed by atoms with Gasteiger partial charge in [0.1, 0.15) is 6.29 Å². The minimum Gasteiger partial charge on any atom is -0.748 e. The number of aldehydes is 1. The van der Waals surface area contributed by atoms with Crippen LogP contribution in [0.2, 0.25) is 0 Å². The molecule has 0 bridgehead atoms. The summed E-state index contributed by atoms with van der Waals surface area (Å²) in [5, 5.41) is 0. The second kappa shape index (κ2) is 8.87. The van der Waals surface area contributed by atoms with Gasteiger partial charge < -0.3 is 13.9 Å². The van der Waals surface area contributed by atoms with Crippen LogP contribution in [0.3, 0.4) is 0 Å². The number of quaternary nitrogens is 1. The van der Waals surface area contributed by atoms with Crippen molar-refractivity contribution >= 4 is 22.1 Å². The van der Waals surface area contributed by atoms with Crippen molar-refractivity contribution in [1.82, 2.24) is 0 Å². The van der Waals surface area contributed by atoms with E-state index < -0.39 is 10.1 Å². The number of benzene rings is 1. The van der Waals surface area contributed by atoms with E-state index in [1.54, 1.807) is 0 Å². The predicted octanol–water partition coefficient (Wildman–Crippen LogP) is 1.19. The molecule has 0 aliphatic rings. The minimum absolute atomic E-state index is 0.604. The molecule has 0 heterocycles. The van der Waals surface area contributed by atoms with Crippen LogP contribution in [-0.2, 0) is 10.1 Å². The Morgan fingerprint density at radius 1 is 1.18 bits per heavy atom. The van der Waals surface area contributed by atoms with Crippen LogP contribution in [0.25, 0.3) is 0 Å². The minimum atomic E-state index is -3.92. The number of nitrogens with zero attached hydrogens (tertiary/aromatic N) is 2. The summed E-state index contributed by atoms with van der Waals surface area (Å²) in [5.74, 6) is 0. The van der Waals surface area contributed by atoms with Crippen LogP contribution in [0.15, 0.2) is 24.3 Å². The Kier molecular flexibility index (Phi) is 8.29. The van der Waals surface area contributed by atoms with Crippen LogP contribution in [0.5, 0.6) is 0 Å². The fraction of sp³-hybridized carbons (Fsp3) is 0.533. The topological polar surface area (TPSA) is 77.5 Å². The van der Waals surface area contributed by atoms with Crippen molar-refractivity contribution in [3.8, 4) is 0 Å². The van der Waals surface area contributed by atoms with Gasteiger partial charge in [0, 0.05) is 37.5 Å². The molecule has 0 saturated carbocycles. The maximum atomic E-state index is 10.6. The molecule has 126 valence electrons. The SMILES string of the molecule is CN(CCC[N+](C)(C)C)c1ccc(C=O)cc1.CS(=O)(=O)[O-]. The summed E-state index contributed by atoms with van der Waals surface area (Å²) in [6, 6.07) is 7.71. The van der Waals surface area contributed by atoms with Gasteiger partial charge in [0.15, 0.2) is 0 Å². The number of carbonyl (C=O) groups is 1. The third-order valence-corrected chi connectivity index (χ3v) is 2.79. The summed E-state index contributed by atoms with van der Waals surface area (Å²) in [4.78, 5) is 12.8. The molecule has 6 nitrogen and oxygen atoms in total. The van der Waals surface area contributed by atoms with Crippen molar-refractivity contribution in [2.45, 2.75) is 6.42 Å². The molecule has 22 heavy (non-hydrogen) atoms. The van der Waals surface area contributed by atoms with Crippen LogP contribution in [0.1, 0.15) is 16.8 Å². The summed E-state index contributed by atoms with van der Waals surface area (Å²) in [6.45, 7) is 2.20. The first-order valence-electron chi connectivity index (χ1n) is 6.90. The first-order valence-corrected chi connectivity index (χ1v) is 8.72. The highest BCUT2D eigenvalue weighted by Gasteiger charge is 2.07. The summed E-state index contributed by atoms with van der Waals surface area (Å²) >= 11 is 0. The molecule has 0 aliphatic carbocycles. The van der Waals surface area contributed by atoms with Gasteiger partial charge in [-0.15, -0.1) is 0 Å². The van der Waals surface area contributed by atoms with Crippen molar-refractivity contribution < 1.29 is 22.2 Å². The molecule has 0 aromatic heterocycles. The molecule has 0 fully saturated rings. The van der Waals surface area contributed by atoms with Gasteiger partial charge in [-0.3, -0.25) is 4.79 Å². The molecule has 0 unspecified atom stereocenters. The van der Waals surface area contributed by atoms with E-state index in [-0.39, 0.29) is 0 Å². The Morgan fingerprint density at radius 2 is 1.64 bits per heavy atom. The van der Waals surface area contributed by atoms with Crippen molar-refractivity contribution in [3.63, 3.8) is 0 Å². The highest BCUT2D eigenvalue weighted by atomic mass is 32.2. The van der Waals surface area contributed by atoms with Crippen LogP contribution >= 0.6 is 0 Å². The molecular formula is C15H26N2O4S. The molecule has 1 aromatic rings. The van der Waals surface area contributed by atoms with Gasteiger partial charge in [-0.2, -0.15) is 0 Å². The first-order chi connectivity index (χ1) is 9.92. The largest absolute Gasteiger partial charge is 0.748 e. The predicted molar refractivity (Wildman–Crippen MR) is 88.2 cm³/mol. The average Bonchev–Trinajstić information content (AvgIpc) is 2.35. The molecule has 1 aromatic carbocycles. The van der Waals surface area contributed by atoms with Gasteiger partial charge in [0.25, 0.3) is 0 Å². The second-order valence-corrected chi connectivity index (χ2v) is 7.61. The van der Waals surface area contributed by atoms with Gasteiger partial charge in [-0.1, -0.05) is 0 Å². The maximum Gasteiger partial charge on any atom is 0.150 e. The van der Waals surface area contributed by atoms with Gasteiger partial charge in [-0.05, 0) is 24.3 Å². The number of anilines is 1. The van der Waals surface area contributed by atoms with Gasteiger partial charge in [0.05, 0.1) is 37.8 Å². The molecule has 0 radical (unpaired) electrons. The molecule has 0 N–H and O–H groups in total. The van der Waals surface area contributed by atoms with E-state index in [2.05, 4.69) is 33.1 Å². The molecular weight excluding hydrogens is 304 g/mol. The van der Waals surface area contributed by atoms with E-state index in [1.165, 1.54) is 0 Å². The highest BCUT2D eigenvalue weighted by Crippen LogP contribution is 2.13. The van der Waals surface area contributed by atoms with Gasteiger partial charge >= 0.3 is 0 Å². The summed E-state index contributed by atoms with van der Waals surface area (Å²) in [6.07, 6.45) is 2.64. The van der Waals surface area contributed by atoms with E-state index in [0.717, 1.165) is 41.5 Å². The Morgan fingerprint density at radius 3 is 2.00 bits per heavy atom. The highest BCUT2D eigenvalue weighted by molar-refractivity contribution is 7.84. The monoisotopic (exact) mass is 330 g/mol. The Labute approximate surface area is 133 Å². The lowest BCUT2D eigenvalue weighted by atomic mass is 10.2. The fourth-order valence-electron chi connectivity index (χ4n) is 1.72. The molecule has 0 saturated heterocycles. The van der Waals surface area contributed by atoms with Gasteiger partial charge in [0.2, 0.25) is 0 Å². The van der Waals surface area contributed by atoms with Crippen molar-refractivity contribution in [1.29, 1.82) is 0 Å². The zero-order valence-corrected chi connectivity index (χ0v) is 14.8. The first kappa shape index (κ1) is 20.6. The molecule has 1 rings (SSSR count). The van der Waals surface area contributed by atoms with Crippen LogP contribution in [0, 0.1) is 0 Å². The van der Waals surface area contributed by atoms with E-state index >= 15 is 0 Å². The lowest BCUT2D eigenvalue weighted by molar-refractivity contribution is -0.870. The third-order valence-electron chi connectivity index (χ3n) is 2.79. The standard InChI is InChI=1S/C14H23N2O.CH4O3S/c1-15(10-5-11-16(2,3)4)14-8-6-13(12-17)7-9-14;1-5(2,3)4/h6-9,12H,5,10-11H2,1-4H3;1H3,(H,2,3,4)/q+1;/p-1. The quantitative estimate of drug-likeness (QED) is 0.445. The Hall–Kier alpha value is -1.44. The van der Waals surface area contributed by atoms with Crippen molar-refractivity contribution in [2.24, 2.45) is 0 Å². The summed E-state index contributed by atoms with van der Waals surface area (Å²) < 4.78 is 28.2. The van der Waals surface area contributed by atoms with Crippen molar-refractivity contribution in [3.05, 3.63) is 29.8 Å². The van der Waals surface area contributed by atoms with E-state index in [9.17, 15) is 4.79 Å². The number of carbonyl (C=O) groups excluding carboxylic acids is 1. The Bertz CT molecular complexity index is 540. The molecule has 0 spiro atoms. The number of rotatable bonds is 6. The number of hydrogen-bond acceptors (Lipinski definition) is 5. The van der Waals surface area contributed by atoms with Crippen LogP contribution in [0.4, 0.5) is 5.69 Å². The van der Waals surface area contributed by atoms with Crippen LogP contribution in [-0.4, -0.2) is 71.3 Å². The molecule has 0 atom stereocenters. The van der Waals surface area contributed by atoms with E-state index in [0.29, 0.717) is 6.26 Å². The third kappa shape index (κ3) is 12.3. The lowest BCUT2D eigenvalue weighted by Gasteiger charge is -2.26. The average molecular weight is 330 g/mol. The number of hydrogen-bond donors (Lipinski definition) is 0. The summed E-state index contributed by atoms with van der Waals surface area (Å²) in [5.41, 5.74) is 1.89. The smallest absolute Gasteiger partial charge is 0.150 e.